The number of rotatable bonds is 43. The van der Waals surface area contributed by atoms with Crippen molar-refractivity contribution in [2.45, 2.75) is 82.5 Å². The molecule has 3 amide bonds. The molecule has 0 radical (unpaired) electrons. The number of aliphatic carboxylic acids is 6. The summed E-state index contributed by atoms with van der Waals surface area (Å²) in [6, 6.07) is 9.78. The summed E-state index contributed by atoms with van der Waals surface area (Å²) in [5.41, 5.74) is 2.37. The van der Waals surface area contributed by atoms with Crippen molar-refractivity contribution in [2.75, 3.05) is 123 Å². The zero-order chi connectivity index (χ0) is 70.7. The van der Waals surface area contributed by atoms with Crippen LogP contribution in [0.1, 0.15) is 55.8 Å². The number of carboxylic acid groups (broad SMARTS) is 6. The summed E-state index contributed by atoms with van der Waals surface area (Å²) in [7, 11) is 0. The molecule has 1 aromatic heterocycles. The third-order valence-corrected chi connectivity index (χ3v) is 15.8. The molecule has 0 saturated carbocycles. The number of nitrogens with one attached hydrogen (secondary N) is 6. The van der Waals surface area contributed by atoms with Gasteiger partial charge in [0.2, 0.25) is 17.7 Å². The van der Waals surface area contributed by atoms with Crippen LogP contribution < -0.4 is 41.9 Å². The Morgan fingerprint density at radius 1 is 0.608 bits per heavy atom. The van der Waals surface area contributed by atoms with E-state index in [0.717, 1.165) is 5.56 Å². The van der Waals surface area contributed by atoms with E-state index in [1.807, 2.05) is 0 Å². The number of amides is 3. The Kier molecular flexibility index (Phi) is 38.3. The molecule has 1 aliphatic rings. The summed E-state index contributed by atoms with van der Waals surface area (Å²) in [6.07, 6.45) is 0.417. The number of carbonyl (C=O) groups is 12. The first-order chi connectivity index (χ1) is 45.7. The molecular weight excluding hydrogens is 1350 g/mol. The number of aliphatic hydroxyl groups excluding tert-OH is 2. The molecule has 97 heavy (non-hydrogen) atoms. The van der Waals surface area contributed by atoms with Gasteiger partial charge in [-0.3, -0.25) is 58.0 Å². The Balaban J connectivity index is 0.0000245. The number of aromatic nitrogens is 2. The van der Waals surface area contributed by atoms with E-state index in [9.17, 15) is 98.4 Å². The van der Waals surface area contributed by atoms with Crippen molar-refractivity contribution in [1.82, 2.24) is 50.8 Å². The Bertz CT molecular complexity index is 3030. The topological polar surface area (TPSA) is 495 Å². The number of anilines is 1. The second-order valence-corrected chi connectivity index (χ2v) is 23.3. The number of nitrogens with zero attached hydrogens (tertiary/aromatic N) is 5. The van der Waals surface area contributed by atoms with Gasteiger partial charge in [0.05, 0.1) is 81.6 Å². The van der Waals surface area contributed by atoms with Crippen molar-refractivity contribution in [2.24, 2.45) is 17.8 Å². The van der Waals surface area contributed by atoms with E-state index in [1.165, 1.54) is 34.1 Å². The Hall–Kier alpha value is -8.10. The van der Waals surface area contributed by atoms with Crippen molar-refractivity contribution >= 4 is 114 Å². The first-order valence-electron chi connectivity index (χ1n) is 30.9. The van der Waals surface area contributed by atoms with Crippen LogP contribution >= 0.6 is 12.2 Å². The molecule has 1 unspecified atom stereocenters. The Morgan fingerprint density at radius 2 is 1.13 bits per heavy atom. The van der Waals surface area contributed by atoms with Gasteiger partial charge in [-0.15, -0.1) is 0 Å². The van der Waals surface area contributed by atoms with E-state index in [-0.39, 0.29) is 123 Å². The van der Waals surface area contributed by atoms with Gasteiger partial charge in [-0.05, 0) is 61.7 Å². The first kappa shape index (κ1) is 83.1. The van der Waals surface area contributed by atoms with Crippen LogP contribution in [0.3, 0.4) is 0 Å². The standard InChI is InChI=1S/C62H87N11O22S.Ga/c1-39(51(77)28-43(26-46-31-63-38-65-46)59(89)68-48(35-74)52(78)29-42(25-41-5-3-2-4-6-41)58(88)69-49(36-75)60(90)91)66-57(87)44(30-53(79)80)27-47(76)37-95-24-23-94-22-13-64-62(96)67-45-10-7-40(8-11-45)9-12-50(61(92)93)73-20-18-71(33-55(83)84)16-14-70(32-54(81)82)15-17-72(19-21-73)34-56(85)86;/h2-8,10-11,31,38-39,42-44,48-50,74-75H,9,12-30,32-37H2,1H3,(H,63,65)(H,66,87)(H,68,89)(H,69,88)(H,79,80)(H,81,82)(H,83,84)(H,85,86)(H,90,91)(H,92,93)(H2,64,67,96);/q;+3/p-3/t39-,42+,43+,44-,48-,49-,50?;/m0./s1. The van der Waals surface area contributed by atoms with Gasteiger partial charge in [0.15, 0.2) is 22.5 Å². The number of thiocarbonyl (C=S) groups is 1. The van der Waals surface area contributed by atoms with Crippen LogP contribution in [0.15, 0.2) is 67.1 Å². The zero-order valence-corrected chi connectivity index (χ0v) is 56.9. The van der Waals surface area contributed by atoms with Gasteiger partial charge in [0, 0.05) is 128 Å². The maximum absolute atomic E-state index is 13.9. The predicted octanol–water partition coefficient (Wildman–Crippen LogP) is -6.56. The minimum absolute atomic E-state index is 0. The van der Waals surface area contributed by atoms with Gasteiger partial charge < -0.3 is 96.3 Å². The number of Topliss-reactive ketones (excluding diaryl/α,β-unsaturated/α-hetero) is 3. The number of aliphatic hydroxyl groups is 2. The molecular formula is C62H84GaN11O22S. The summed E-state index contributed by atoms with van der Waals surface area (Å²) < 4.78 is 11.0. The molecule has 1 aliphatic heterocycles. The zero-order valence-electron chi connectivity index (χ0n) is 53.7. The molecule has 0 bridgehead atoms. The SMILES string of the molecule is C[C@H](NC(=O)[C@H](CC(=O)O)CC(=O)COCCOCCNC(=S)Nc1ccc(CCC(C(=O)O)N2CCN(CC(=O)[O-])CCN(CC(=O)[O-])CCN(CC(=O)[O-])CC2)cc1)C(=O)C[C@@H](Cc1cnc[nH]1)C(=O)N[C@@H](CO)C(=O)C[C@@H](Cc1ccccc1)C(=O)N[C@@H](CO)C(=O)O.[Ga+3]. The number of H-pyrrole nitrogens is 1. The van der Waals surface area contributed by atoms with Crippen LogP contribution in [0, 0.1) is 17.8 Å². The number of hydrogen-bond acceptors (Lipinski definition) is 25. The van der Waals surface area contributed by atoms with E-state index in [4.69, 9.17) is 21.7 Å². The minimum atomic E-state index is -1.68. The van der Waals surface area contributed by atoms with Crippen molar-refractivity contribution < 1.29 is 108 Å². The molecule has 0 spiro atoms. The van der Waals surface area contributed by atoms with Gasteiger partial charge in [0.1, 0.15) is 24.7 Å². The number of ether oxygens (including phenoxy) is 2. The van der Waals surface area contributed by atoms with E-state index >= 15 is 0 Å². The predicted molar refractivity (Wildman–Crippen MR) is 341 cm³/mol. The molecule has 4 rings (SSSR count). The third-order valence-electron chi connectivity index (χ3n) is 15.5. The maximum Gasteiger partial charge on any atom is 3.00 e. The fraction of sp³-hybridized carbons (Fsp3) is 0.548. The van der Waals surface area contributed by atoms with Crippen molar-refractivity contribution in [3.63, 3.8) is 0 Å². The van der Waals surface area contributed by atoms with Crippen LogP contribution in [0.5, 0.6) is 0 Å². The van der Waals surface area contributed by atoms with Crippen molar-refractivity contribution in [1.29, 1.82) is 0 Å². The average molecular weight is 1440 g/mol. The number of carbonyl (C=O) groups excluding carboxylic acids is 9. The van der Waals surface area contributed by atoms with E-state index in [0.29, 0.717) is 23.4 Å². The number of aryl methyl sites for hydroxylation is 1. The van der Waals surface area contributed by atoms with Crippen molar-refractivity contribution in [3.05, 3.63) is 83.9 Å². The van der Waals surface area contributed by atoms with Gasteiger partial charge in [-0.1, -0.05) is 42.5 Å². The minimum Gasteiger partial charge on any atom is -0.549 e. The van der Waals surface area contributed by atoms with Crippen LogP contribution in [-0.4, -0.2) is 293 Å². The second kappa shape index (κ2) is 44.7. The van der Waals surface area contributed by atoms with E-state index in [2.05, 4.69) is 36.6 Å². The third kappa shape index (κ3) is 32.7. The molecule has 2 aromatic carbocycles. The normalized spacial score (nSPS) is 15.7. The summed E-state index contributed by atoms with van der Waals surface area (Å²) in [4.78, 5) is 165. The molecule has 11 N–H and O–H groups in total. The fourth-order valence-corrected chi connectivity index (χ4v) is 10.5. The second-order valence-electron chi connectivity index (χ2n) is 22.9. The van der Waals surface area contributed by atoms with E-state index < -0.39 is 178 Å². The molecule has 1 fully saturated rings. The Labute approximate surface area is 577 Å². The molecule has 33 nitrogen and oxygen atoms in total. The van der Waals surface area contributed by atoms with Crippen LogP contribution in [0.2, 0.25) is 0 Å². The summed E-state index contributed by atoms with van der Waals surface area (Å²) in [5, 5.41) is 97.1. The fourth-order valence-electron chi connectivity index (χ4n) is 10.3. The van der Waals surface area contributed by atoms with Gasteiger partial charge >= 0.3 is 37.7 Å². The molecule has 1 saturated heterocycles. The monoisotopic (exact) mass is 1440 g/mol. The Morgan fingerprint density at radius 3 is 1.65 bits per heavy atom. The number of imidazole rings is 1. The molecule has 0 aliphatic carbocycles. The van der Waals surface area contributed by atoms with Crippen LogP contribution in [0.4, 0.5) is 5.69 Å². The number of benzene rings is 2. The average Bonchev–Trinajstić information content (AvgIpc) is 1.72. The molecule has 35 heteroatoms. The molecule has 3 aromatic rings. The summed E-state index contributed by atoms with van der Waals surface area (Å²) >= 11 is 5.41. The van der Waals surface area contributed by atoms with E-state index in [1.54, 1.807) is 59.5 Å². The first-order valence-corrected chi connectivity index (χ1v) is 31.3. The number of hydrogen-bond donors (Lipinski definition) is 11. The van der Waals surface area contributed by atoms with Crippen molar-refractivity contribution in [3.8, 4) is 0 Å². The molecule has 2 heterocycles. The summed E-state index contributed by atoms with van der Waals surface area (Å²) in [6.45, 7) is -1.37. The smallest absolute Gasteiger partial charge is 0.549 e. The van der Waals surface area contributed by atoms with Gasteiger partial charge in [0.25, 0.3) is 0 Å². The molecule has 528 valence electrons. The molecule has 7 atom stereocenters. The largest absolute Gasteiger partial charge is 3.00 e. The van der Waals surface area contributed by atoms with Crippen LogP contribution in [0.25, 0.3) is 0 Å². The maximum atomic E-state index is 13.9. The van der Waals surface area contributed by atoms with Crippen LogP contribution in [-0.2, 0) is 86.3 Å². The number of aromatic amines is 1. The number of ketones is 3. The number of carboxylic acids is 6. The van der Waals surface area contributed by atoms with Gasteiger partial charge in [-0.25, -0.2) is 9.78 Å². The van der Waals surface area contributed by atoms with Gasteiger partial charge in [-0.2, -0.15) is 0 Å². The summed E-state index contributed by atoms with van der Waals surface area (Å²) in [5.74, 6) is -17.0. The quantitative estimate of drug-likeness (QED) is 0.0143.